The monoisotopic (exact) mass is 233 g/mol. The van der Waals surface area contributed by atoms with Gasteiger partial charge in [0, 0.05) is 0 Å². The van der Waals surface area contributed by atoms with Crippen LogP contribution in [0.3, 0.4) is 0 Å². The molecule has 0 amide bonds. The average molecular weight is 233 g/mol. The molecule has 1 aliphatic carbocycles. The van der Waals surface area contributed by atoms with Gasteiger partial charge in [-0.3, -0.25) is 0 Å². The maximum absolute atomic E-state index is 6.09. The largest absolute Gasteiger partial charge is 0.490 e. The van der Waals surface area contributed by atoms with Crippen molar-refractivity contribution in [2.24, 2.45) is 5.92 Å². The van der Waals surface area contributed by atoms with Crippen LogP contribution in [0.1, 0.15) is 30.4 Å². The maximum atomic E-state index is 6.09. The summed E-state index contributed by atoms with van der Waals surface area (Å²) in [5, 5.41) is 3.26. The Morgan fingerprint density at radius 2 is 1.88 bits per heavy atom. The van der Waals surface area contributed by atoms with Gasteiger partial charge in [0.1, 0.15) is 5.75 Å². The number of ether oxygens (including phenoxy) is 1. The Balaban J connectivity index is 1.93. The molecular formula is C15H23NO. The van der Waals surface area contributed by atoms with Gasteiger partial charge < -0.3 is 10.1 Å². The first-order valence-electron chi connectivity index (χ1n) is 6.57. The van der Waals surface area contributed by atoms with Gasteiger partial charge in [0.2, 0.25) is 0 Å². The molecule has 17 heavy (non-hydrogen) atoms. The quantitative estimate of drug-likeness (QED) is 0.863. The third-order valence-corrected chi connectivity index (χ3v) is 3.48. The van der Waals surface area contributed by atoms with Crippen molar-refractivity contribution in [3.8, 4) is 5.75 Å². The lowest BCUT2D eigenvalue weighted by Gasteiger charge is -2.15. The molecule has 2 unspecified atom stereocenters. The molecule has 0 bridgehead atoms. The number of hydrogen-bond acceptors (Lipinski definition) is 2. The fraction of sp³-hybridized carbons (Fsp3) is 0.600. The first-order chi connectivity index (χ1) is 8.17. The molecule has 0 aromatic heterocycles. The van der Waals surface area contributed by atoms with E-state index in [-0.39, 0.29) is 0 Å². The average Bonchev–Trinajstić information content (AvgIpc) is 2.64. The van der Waals surface area contributed by atoms with Gasteiger partial charge in [-0.25, -0.2) is 0 Å². The summed E-state index contributed by atoms with van der Waals surface area (Å²) < 4.78 is 6.09. The molecule has 1 saturated carbocycles. The SMILES string of the molecule is CNCC1CCC(Oc2cc(C)cc(C)c2)C1. The Hall–Kier alpha value is -1.02. The normalized spacial score (nSPS) is 23.9. The van der Waals surface area contributed by atoms with Crippen LogP contribution in [0.25, 0.3) is 0 Å². The number of aryl methyl sites for hydroxylation is 2. The summed E-state index contributed by atoms with van der Waals surface area (Å²) >= 11 is 0. The summed E-state index contributed by atoms with van der Waals surface area (Å²) in [5.41, 5.74) is 2.56. The molecule has 2 atom stereocenters. The lowest BCUT2D eigenvalue weighted by Crippen LogP contribution is -2.18. The van der Waals surface area contributed by atoms with Crippen LogP contribution in [0.5, 0.6) is 5.75 Å². The molecule has 0 radical (unpaired) electrons. The van der Waals surface area contributed by atoms with E-state index in [0.29, 0.717) is 6.10 Å². The van der Waals surface area contributed by atoms with Gasteiger partial charge >= 0.3 is 0 Å². The fourth-order valence-electron chi connectivity index (χ4n) is 2.80. The van der Waals surface area contributed by atoms with Crippen LogP contribution >= 0.6 is 0 Å². The number of nitrogens with one attached hydrogen (secondary N) is 1. The van der Waals surface area contributed by atoms with Crippen LogP contribution < -0.4 is 10.1 Å². The third kappa shape index (κ3) is 3.47. The van der Waals surface area contributed by atoms with Crippen molar-refractivity contribution in [1.82, 2.24) is 5.32 Å². The Labute approximate surface area is 104 Å². The van der Waals surface area contributed by atoms with Gasteiger partial charge in [0.15, 0.2) is 0 Å². The zero-order valence-corrected chi connectivity index (χ0v) is 11.1. The standard InChI is InChI=1S/C15H23NO/c1-11-6-12(2)8-15(7-11)17-14-5-4-13(9-14)10-16-3/h6-8,13-14,16H,4-5,9-10H2,1-3H3. The van der Waals surface area contributed by atoms with E-state index < -0.39 is 0 Å². The smallest absolute Gasteiger partial charge is 0.120 e. The van der Waals surface area contributed by atoms with Crippen molar-refractivity contribution in [3.63, 3.8) is 0 Å². The minimum absolute atomic E-state index is 0.412. The predicted molar refractivity (Wildman–Crippen MR) is 71.6 cm³/mol. The second kappa shape index (κ2) is 5.54. The third-order valence-electron chi connectivity index (χ3n) is 3.48. The predicted octanol–water partition coefficient (Wildman–Crippen LogP) is 3.07. The molecule has 1 aromatic rings. The zero-order chi connectivity index (χ0) is 12.3. The molecular weight excluding hydrogens is 210 g/mol. The molecule has 0 aliphatic heterocycles. The number of hydrogen-bond donors (Lipinski definition) is 1. The molecule has 0 heterocycles. The van der Waals surface area contributed by atoms with Gasteiger partial charge in [-0.15, -0.1) is 0 Å². The number of benzene rings is 1. The van der Waals surface area contributed by atoms with E-state index in [1.54, 1.807) is 0 Å². The summed E-state index contributed by atoms with van der Waals surface area (Å²) in [7, 11) is 2.03. The molecule has 2 rings (SSSR count). The number of rotatable bonds is 4. The summed E-state index contributed by atoms with van der Waals surface area (Å²) in [6.45, 7) is 5.36. The molecule has 0 saturated heterocycles. The molecule has 1 fully saturated rings. The van der Waals surface area contributed by atoms with E-state index >= 15 is 0 Å². The summed E-state index contributed by atoms with van der Waals surface area (Å²) in [4.78, 5) is 0. The molecule has 1 N–H and O–H groups in total. The highest BCUT2D eigenvalue weighted by Gasteiger charge is 2.25. The van der Waals surface area contributed by atoms with E-state index in [1.165, 1.54) is 30.4 Å². The fourth-order valence-corrected chi connectivity index (χ4v) is 2.80. The Morgan fingerprint density at radius 3 is 2.53 bits per heavy atom. The van der Waals surface area contributed by atoms with Crippen LogP contribution in [0.2, 0.25) is 0 Å². The lowest BCUT2D eigenvalue weighted by molar-refractivity contribution is 0.204. The summed E-state index contributed by atoms with van der Waals surface area (Å²) in [6, 6.07) is 6.46. The van der Waals surface area contributed by atoms with Gasteiger partial charge in [0.05, 0.1) is 6.10 Å². The van der Waals surface area contributed by atoms with E-state index in [9.17, 15) is 0 Å². The second-order valence-electron chi connectivity index (χ2n) is 5.30. The van der Waals surface area contributed by atoms with E-state index in [0.717, 1.165) is 18.2 Å². The maximum Gasteiger partial charge on any atom is 0.120 e. The highest BCUT2D eigenvalue weighted by molar-refractivity contribution is 5.33. The van der Waals surface area contributed by atoms with Crippen molar-refractivity contribution in [2.75, 3.05) is 13.6 Å². The van der Waals surface area contributed by atoms with Crippen LogP contribution in [0.4, 0.5) is 0 Å². The minimum atomic E-state index is 0.412. The van der Waals surface area contributed by atoms with Gasteiger partial charge in [-0.2, -0.15) is 0 Å². The topological polar surface area (TPSA) is 21.3 Å². The summed E-state index contributed by atoms with van der Waals surface area (Å²) in [6.07, 6.45) is 4.08. The van der Waals surface area contributed by atoms with Gasteiger partial charge in [-0.05, 0) is 75.9 Å². The van der Waals surface area contributed by atoms with Gasteiger partial charge in [-0.1, -0.05) is 6.07 Å². The van der Waals surface area contributed by atoms with Crippen molar-refractivity contribution in [2.45, 2.75) is 39.2 Å². The van der Waals surface area contributed by atoms with Crippen LogP contribution in [-0.2, 0) is 0 Å². The van der Waals surface area contributed by atoms with Crippen molar-refractivity contribution in [1.29, 1.82) is 0 Å². The van der Waals surface area contributed by atoms with Crippen LogP contribution in [-0.4, -0.2) is 19.7 Å². The lowest BCUT2D eigenvalue weighted by atomic mass is 10.1. The van der Waals surface area contributed by atoms with Crippen LogP contribution in [0, 0.1) is 19.8 Å². The Kier molecular flexibility index (Phi) is 4.06. The molecule has 1 aromatic carbocycles. The van der Waals surface area contributed by atoms with E-state index in [2.05, 4.69) is 37.4 Å². The molecule has 1 aliphatic rings. The molecule has 0 spiro atoms. The second-order valence-corrected chi connectivity index (χ2v) is 5.30. The van der Waals surface area contributed by atoms with Crippen LogP contribution in [0.15, 0.2) is 18.2 Å². The highest BCUT2D eigenvalue weighted by atomic mass is 16.5. The van der Waals surface area contributed by atoms with E-state index in [4.69, 9.17) is 4.74 Å². The van der Waals surface area contributed by atoms with Crippen molar-refractivity contribution >= 4 is 0 Å². The molecule has 94 valence electrons. The zero-order valence-electron chi connectivity index (χ0n) is 11.1. The summed E-state index contributed by atoms with van der Waals surface area (Å²) in [5.74, 6) is 1.83. The molecule has 2 heteroatoms. The first-order valence-corrected chi connectivity index (χ1v) is 6.57. The van der Waals surface area contributed by atoms with Crippen molar-refractivity contribution < 1.29 is 4.74 Å². The Morgan fingerprint density at radius 1 is 1.18 bits per heavy atom. The first kappa shape index (κ1) is 12.4. The van der Waals surface area contributed by atoms with E-state index in [1.807, 2.05) is 7.05 Å². The van der Waals surface area contributed by atoms with Gasteiger partial charge in [0.25, 0.3) is 0 Å². The highest BCUT2D eigenvalue weighted by Crippen LogP contribution is 2.29. The van der Waals surface area contributed by atoms with Crippen molar-refractivity contribution in [3.05, 3.63) is 29.3 Å². The Bertz CT molecular complexity index is 355. The molecule has 2 nitrogen and oxygen atoms in total. The minimum Gasteiger partial charge on any atom is -0.490 e.